The van der Waals surface area contributed by atoms with Gasteiger partial charge in [-0.3, -0.25) is 0 Å². The van der Waals surface area contributed by atoms with Gasteiger partial charge < -0.3 is 25.3 Å². The first-order valence-electron chi connectivity index (χ1n) is 7.05. The van der Waals surface area contributed by atoms with Crippen molar-refractivity contribution < 1.29 is 14.2 Å². The minimum atomic E-state index is 0.0724. The van der Waals surface area contributed by atoms with E-state index in [0.717, 1.165) is 43.1 Å². The minimum Gasteiger partial charge on any atom is -0.497 e. The molecule has 1 aliphatic heterocycles. The van der Waals surface area contributed by atoms with E-state index in [-0.39, 0.29) is 6.04 Å². The van der Waals surface area contributed by atoms with E-state index >= 15 is 0 Å². The summed E-state index contributed by atoms with van der Waals surface area (Å²) in [5, 5.41) is 3.47. The van der Waals surface area contributed by atoms with Crippen LogP contribution in [0.3, 0.4) is 0 Å². The van der Waals surface area contributed by atoms with Gasteiger partial charge in [-0.1, -0.05) is 0 Å². The molecule has 0 radical (unpaired) electrons. The van der Waals surface area contributed by atoms with Gasteiger partial charge >= 0.3 is 0 Å². The first-order chi connectivity index (χ1) is 9.76. The largest absolute Gasteiger partial charge is 0.497 e. The second-order valence-electron chi connectivity index (χ2n) is 4.98. The number of nitrogens with two attached hydrogens (primary N) is 1. The molecule has 1 aromatic carbocycles. The number of rotatable bonds is 7. The number of benzene rings is 1. The van der Waals surface area contributed by atoms with Crippen LogP contribution in [0.25, 0.3) is 0 Å². The van der Waals surface area contributed by atoms with Gasteiger partial charge in [0.15, 0.2) is 0 Å². The van der Waals surface area contributed by atoms with Gasteiger partial charge in [0.1, 0.15) is 11.5 Å². The molecule has 2 atom stereocenters. The lowest BCUT2D eigenvalue weighted by Crippen LogP contribution is -2.34. The van der Waals surface area contributed by atoms with Gasteiger partial charge in [0.2, 0.25) is 0 Å². The fourth-order valence-electron chi connectivity index (χ4n) is 2.45. The van der Waals surface area contributed by atoms with Crippen molar-refractivity contribution in [3.05, 3.63) is 23.8 Å². The molecule has 1 saturated heterocycles. The van der Waals surface area contributed by atoms with E-state index in [0.29, 0.717) is 12.6 Å². The number of ether oxygens (including phenoxy) is 3. The second kappa shape index (κ2) is 7.47. The van der Waals surface area contributed by atoms with Crippen molar-refractivity contribution in [1.29, 1.82) is 0 Å². The summed E-state index contributed by atoms with van der Waals surface area (Å²) in [6, 6.07) is 5.91. The summed E-state index contributed by atoms with van der Waals surface area (Å²) in [4.78, 5) is 0. The third-order valence-corrected chi connectivity index (χ3v) is 3.63. The average Bonchev–Trinajstić information content (AvgIpc) is 3.00. The summed E-state index contributed by atoms with van der Waals surface area (Å²) < 4.78 is 16.2. The molecular formula is C15H24N2O3. The molecule has 0 aromatic heterocycles. The molecule has 1 aliphatic rings. The molecule has 0 amide bonds. The molecule has 0 bridgehead atoms. The highest BCUT2D eigenvalue weighted by atomic mass is 16.5. The SMILES string of the molecule is COc1cc(OC)cc(C(CN)NCC2CCCO2)c1. The maximum absolute atomic E-state index is 5.89. The van der Waals surface area contributed by atoms with Gasteiger partial charge in [-0.2, -0.15) is 0 Å². The summed E-state index contributed by atoms with van der Waals surface area (Å²) in [5.74, 6) is 1.55. The molecule has 3 N–H and O–H groups in total. The van der Waals surface area contributed by atoms with Crippen molar-refractivity contribution in [1.82, 2.24) is 5.32 Å². The molecule has 0 aliphatic carbocycles. The Labute approximate surface area is 120 Å². The zero-order valence-corrected chi connectivity index (χ0v) is 12.2. The standard InChI is InChI=1S/C15H24N2O3/c1-18-13-6-11(7-14(8-13)19-2)15(9-16)17-10-12-4-3-5-20-12/h6-8,12,15,17H,3-5,9-10,16H2,1-2H3. The summed E-state index contributed by atoms with van der Waals surface area (Å²) in [7, 11) is 3.30. The maximum atomic E-state index is 5.89. The molecule has 1 heterocycles. The van der Waals surface area contributed by atoms with Gasteiger partial charge in [0.25, 0.3) is 0 Å². The van der Waals surface area contributed by atoms with Gasteiger partial charge in [-0.05, 0) is 30.5 Å². The Morgan fingerprint density at radius 3 is 2.50 bits per heavy atom. The zero-order chi connectivity index (χ0) is 14.4. The van der Waals surface area contributed by atoms with Crippen molar-refractivity contribution in [2.45, 2.75) is 25.0 Å². The Balaban J connectivity index is 2.05. The minimum absolute atomic E-state index is 0.0724. The Kier molecular flexibility index (Phi) is 5.64. The lowest BCUT2D eigenvalue weighted by atomic mass is 10.1. The van der Waals surface area contributed by atoms with Crippen molar-refractivity contribution in [2.24, 2.45) is 5.73 Å². The molecule has 0 saturated carbocycles. The first kappa shape index (κ1) is 15.1. The molecule has 112 valence electrons. The van der Waals surface area contributed by atoms with E-state index in [1.807, 2.05) is 18.2 Å². The van der Waals surface area contributed by atoms with Crippen molar-refractivity contribution in [3.63, 3.8) is 0 Å². The van der Waals surface area contributed by atoms with Crippen LogP contribution < -0.4 is 20.5 Å². The van der Waals surface area contributed by atoms with Crippen LogP contribution >= 0.6 is 0 Å². The van der Waals surface area contributed by atoms with E-state index in [9.17, 15) is 0 Å². The van der Waals surface area contributed by atoms with Crippen LogP contribution in [0.2, 0.25) is 0 Å². The lowest BCUT2D eigenvalue weighted by molar-refractivity contribution is 0.107. The van der Waals surface area contributed by atoms with Gasteiger partial charge in [0, 0.05) is 31.8 Å². The molecule has 2 unspecified atom stereocenters. The van der Waals surface area contributed by atoms with E-state index < -0.39 is 0 Å². The highest BCUT2D eigenvalue weighted by Gasteiger charge is 2.18. The second-order valence-corrected chi connectivity index (χ2v) is 4.98. The third-order valence-electron chi connectivity index (χ3n) is 3.63. The zero-order valence-electron chi connectivity index (χ0n) is 12.2. The normalized spacial score (nSPS) is 19.9. The predicted octanol–water partition coefficient (Wildman–Crippen LogP) is 1.47. The molecule has 20 heavy (non-hydrogen) atoms. The van der Waals surface area contributed by atoms with Crippen molar-refractivity contribution >= 4 is 0 Å². The summed E-state index contributed by atoms with van der Waals surface area (Å²) in [5.41, 5.74) is 6.96. The lowest BCUT2D eigenvalue weighted by Gasteiger charge is -2.21. The van der Waals surface area contributed by atoms with Crippen molar-refractivity contribution in [2.75, 3.05) is 33.9 Å². The number of nitrogens with one attached hydrogen (secondary N) is 1. The summed E-state index contributed by atoms with van der Waals surface area (Å²) in [6.07, 6.45) is 2.56. The molecule has 5 heteroatoms. The Hall–Kier alpha value is -1.30. The summed E-state index contributed by atoms with van der Waals surface area (Å²) in [6.45, 7) is 2.21. The topological polar surface area (TPSA) is 65.7 Å². The number of hydrogen-bond donors (Lipinski definition) is 2. The van der Waals surface area contributed by atoms with Crippen LogP contribution in [-0.2, 0) is 4.74 Å². The molecular weight excluding hydrogens is 256 g/mol. The Morgan fingerprint density at radius 2 is 2.00 bits per heavy atom. The maximum Gasteiger partial charge on any atom is 0.122 e. The molecule has 1 aromatic rings. The highest BCUT2D eigenvalue weighted by Crippen LogP contribution is 2.26. The van der Waals surface area contributed by atoms with E-state index in [1.165, 1.54) is 0 Å². The number of methoxy groups -OCH3 is 2. The molecule has 0 spiro atoms. The third kappa shape index (κ3) is 3.85. The first-order valence-corrected chi connectivity index (χ1v) is 7.05. The van der Waals surface area contributed by atoms with E-state index in [4.69, 9.17) is 19.9 Å². The van der Waals surface area contributed by atoms with Crippen LogP contribution in [0.15, 0.2) is 18.2 Å². The van der Waals surface area contributed by atoms with Crippen LogP contribution in [0, 0.1) is 0 Å². The average molecular weight is 280 g/mol. The van der Waals surface area contributed by atoms with Gasteiger partial charge in [-0.25, -0.2) is 0 Å². The molecule has 1 fully saturated rings. The monoisotopic (exact) mass is 280 g/mol. The number of hydrogen-bond acceptors (Lipinski definition) is 5. The quantitative estimate of drug-likeness (QED) is 0.792. The van der Waals surface area contributed by atoms with Crippen LogP contribution in [0.1, 0.15) is 24.4 Å². The highest BCUT2D eigenvalue weighted by molar-refractivity contribution is 5.40. The van der Waals surface area contributed by atoms with Crippen LogP contribution in [0.5, 0.6) is 11.5 Å². The molecule has 2 rings (SSSR count). The van der Waals surface area contributed by atoms with Crippen LogP contribution in [0.4, 0.5) is 0 Å². The summed E-state index contributed by atoms with van der Waals surface area (Å²) >= 11 is 0. The molecule has 5 nitrogen and oxygen atoms in total. The van der Waals surface area contributed by atoms with Gasteiger partial charge in [-0.15, -0.1) is 0 Å². The van der Waals surface area contributed by atoms with Gasteiger partial charge in [0.05, 0.1) is 20.3 Å². The fourth-order valence-corrected chi connectivity index (χ4v) is 2.45. The van der Waals surface area contributed by atoms with E-state index in [2.05, 4.69) is 5.32 Å². The smallest absolute Gasteiger partial charge is 0.122 e. The Morgan fingerprint density at radius 1 is 1.30 bits per heavy atom. The Bertz CT molecular complexity index is 397. The fraction of sp³-hybridized carbons (Fsp3) is 0.600. The van der Waals surface area contributed by atoms with Crippen molar-refractivity contribution in [3.8, 4) is 11.5 Å². The predicted molar refractivity (Wildman–Crippen MR) is 78.3 cm³/mol. The van der Waals surface area contributed by atoms with Crippen LogP contribution in [-0.4, -0.2) is 40.0 Å². The van der Waals surface area contributed by atoms with E-state index in [1.54, 1.807) is 14.2 Å².